The average molecular weight is 331 g/mol. The predicted molar refractivity (Wildman–Crippen MR) is 89.3 cm³/mol. The SMILES string of the molecule is CC(C)NC(=O)NCCN(CCC1=CCCCC1)S(C)(=O)=O. The molecule has 0 spiro atoms. The highest BCUT2D eigenvalue weighted by atomic mass is 32.2. The molecule has 7 heteroatoms. The smallest absolute Gasteiger partial charge is 0.315 e. The summed E-state index contributed by atoms with van der Waals surface area (Å²) in [5, 5.41) is 5.40. The van der Waals surface area contributed by atoms with E-state index >= 15 is 0 Å². The third-order valence-electron chi connectivity index (χ3n) is 3.60. The Labute approximate surface area is 134 Å². The van der Waals surface area contributed by atoms with Crippen molar-refractivity contribution in [2.75, 3.05) is 25.9 Å². The van der Waals surface area contributed by atoms with Gasteiger partial charge in [-0.3, -0.25) is 0 Å². The molecule has 2 N–H and O–H groups in total. The van der Waals surface area contributed by atoms with Crippen molar-refractivity contribution in [3.63, 3.8) is 0 Å². The van der Waals surface area contributed by atoms with Crippen molar-refractivity contribution in [1.82, 2.24) is 14.9 Å². The number of hydrogen-bond donors (Lipinski definition) is 2. The van der Waals surface area contributed by atoms with Crippen molar-refractivity contribution in [3.8, 4) is 0 Å². The van der Waals surface area contributed by atoms with Gasteiger partial charge in [-0.05, 0) is 46.0 Å². The van der Waals surface area contributed by atoms with Crippen LogP contribution in [0.2, 0.25) is 0 Å². The third kappa shape index (κ3) is 7.79. The van der Waals surface area contributed by atoms with Crippen LogP contribution in [0.5, 0.6) is 0 Å². The molecule has 0 saturated heterocycles. The summed E-state index contributed by atoms with van der Waals surface area (Å²) in [5.41, 5.74) is 1.35. The Bertz CT molecular complexity index is 486. The first kappa shape index (κ1) is 19.0. The molecule has 2 amide bonds. The van der Waals surface area contributed by atoms with Crippen molar-refractivity contribution in [3.05, 3.63) is 11.6 Å². The lowest BCUT2D eigenvalue weighted by atomic mass is 9.97. The first-order valence-electron chi connectivity index (χ1n) is 7.96. The van der Waals surface area contributed by atoms with Gasteiger partial charge in [0, 0.05) is 25.7 Å². The van der Waals surface area contributed by atoms with Gasteiger partial charge in [-0.1, -0.05) is 11.6 Å². The molecule has 0 aromatic rings. The van der Waals surface area contributed by atoms with Crippen molar-refractivity contribution in [2.45, 2.75) is 52.0 Å². The molecule has 1 aliphatic rings. The van der Waals surface area contributed by atoms with Crippen molar-refractivity contribution in [1.29, 1.82) is 0 Å². The van der Waals surface area contributed by atoms with Crippen LogP contribution in [-0.4, -0.2) is 50.7 Å². The molecular weight excluding hydrogens is 302 g/mol. The maximum Gasteiger partial charge on any atom is 0.315 e. The van der Waals surface area contributed by atoms with Crippen LogP contribution in [-0.2, 0) is 10.0 Å². The van der Waals surface area contributed by atoms with E-state index in [-0.39, 0.29) is 12.1 Å². The monoisotopic (exact) mass is 331 g/mol. The molecule has 0 unspecified atom stereocenters. The van der Waals surface area contributed by atoms with E-state index in [0.717, 1.165) is 19.3 Å². The highest BCUT2D eigenvalue weighted by molar-refractivity contribution is 7.88. The van der Waals surface area contributed by atoms with Crippen LogP contribution >= 0.6 is 0 Å². The lowest BCUT2D eigenvalue weighted by Gasteiger charge is -2.22. The summed E-state index contributed by atoms with van der Waals surface area (Å²) in [7, 11) is -3.25. The van der Waals surface area contributed by atoms with Crippen LogP contribution in [0, 0.1) is 0 Å². The molecule has 1 rings (SSSR count). The summed E-state index contributed by atoms with van der Waals surface area (Å²) < 4.78 is 25.1. The second kappa shape index (κ2) is 9.15. The minimum Gasteiger partial charge on any atom is -0.337 e. The normalized spacial score (nSPS) is 15.8. The van der Waals surface area contributed by atoms with Gasteiger partial charge in [0.05, 0.1) is 6.26 Å². The zero-order valence-electron chi connectivity index (χ0n) is 13.9. The summed E-state index contributed by atoms with van der Waals surface area (Å²) in [6.07, 6.45) is 8.84. The highest BCUT2D eigenvalue weighted by Gasteiger charge is 2.17. The van der Waals surface area contributed by atoms with E-state index in [0.29, 0.717) is 19.6 Å². The van der Waals surface area contributed by atoms with Crippen LogP contribution in [0.25, 0.3) is 0 Å². The van der Waals surface area contributed by atoms with Crippen LogP contribution in [0.3, 0.4) is 0 Å². The topological polar surface area (TPSA) is 78.5 Å². The van der Waals surface area contributed by atoms with E-state index in [4.69, 9.17) is 0 Å². The maximum atomic E-state index is 11.8. The largest absolute Gasteiger partial charge is 0.337 e. The van der Waals surface area contributed by atoms with Gasteiger partial charge < -0.3 is 10.6 Å². The quantitative estimate of drug-likeness (QED) is 0.666. The molecule has 0 radical (unpaired) electrons. The fourth-order valence-corrected chi connectivity index (χ4v) is 3.30. The van der Waals surface area contributed by atoms with Gasteiger partial charge in [0.2, 0.25) is 10.0 Å². The number of nitrogens with one attached hydrogen (secondary N) is 2. The Balaban J connectivity index is 2.41. The van der Waals surface area contributed by atoms with Crippen LogP contribution in [0.4, 0.5) is 4.79 Å². The Morgan fingerprint density at radius 2 is 2.05 bits per heavy atom. The second-order valence-electron chi connectivity index (χ2n) is 6.08. The van der Waals surface area contributed by atoms with Crippen LogP contribution in [0.15, 0.2) is 11.6 Å². The Kier molecular flexibility index (Phi) is 7.89. The molecule has 6 nitrogen and oxygen atoms in total. The number of rotatable bonds is 8. The first-order chi connectivity index (χ1) is 10.3. The molecule has 0 heterocycles. The third-order valence-corrected chi connectivity index (χ3v) is 4.91. The van der Waals surface area contributed by atoms with Crippen LogP contribution in [0.1, 0.15) is 46.0 Å². The van der Waals surface area contributed by atoms with E-state index in [1.165, 1.54) is 29.0 Å². The van der Waals surface area contributed by atoms with Gasteiger partial charge in [-0.2, -0.15) is 0 Å². The fraction of sp³-hybridized carbons (Fsp3) is 0.800. The van der Waals surface area contributed by atoms with E-state index in [2.05, 4.69) is 16.7 Å². The average Bonchev–Trinajstić information content (AvgIpc) is 2.41. The second-order valence-corrected chi connectivity index (χ2v) is 8.06. The number of allylic oxidation sites excluding steroid dienone is 1. The summed E-state index contributed by atoms with van der Waals surface area (Å²) in [4.78, 5) is 11.5. The number of carbonyl (C=O) groups excluding carboxylic acids is 1. The lowest BCUT2D eigenvalue weighted by Crippen LogP contribution is -2.44. The Morgan fingerprint density at radius 3 is 2.59 bits per heavy atom. The predicted octanol–water partition coefficient (Wildman–Crippen LogP) is 1.85. The molecule has 1 aliphatic carbocycles. The zero-order chi connectivity index (χ0) is 16.6. The molecule has 0 fully saturated rings. The van der Waals surface area contributed by atoms with Gasteiger partial charge >= 0.3 is 6.03 Å². The summed E-state index contributed by atoms with van der Waals surface area (Å²) in [6.45, 7) is 4.85. The van der Waals surface area contributed by atoms with Gasteiger partial charge in [0.15, 0.2) is 0 Å². The molecule has 0 atom stereocenters. The lowest BCUT2D eigenvalue weighted by molar-refractivity contribution is 0.237. The summed E-state index contributed by atoms with van der Waals surface area (Å²) >= 11 is 0. The molecule has 0 aromatic carbocycles. The minimum absolute atomic E-state index is 0.0595. The van der Waals surface area contributed by atoms with Gasteiger partial charge in [-0.15, -0.1) is 0 Å². The molecule has 128 valence electrons. The molecule has 0 saturated carbocycles. The van der Waals surface area contributed by atoms with E-state index < -0.39 is 10.0 Å². The number of nitrogens with zero attached hydrogens (tertiary/aromatic N) is 1. The van der Waals surface area contributed by atoms with Crippen LogP contribution < -0.4 is 10.6 Å². The molecule has 22 heavy (non-hydrogen) atoms. The minimum atomic E-state index is -3.25. The summed E-state index contributed by atoms with van der Waals surface area (Å²) in [5.74, 6) is 0. The number of urea groups is 1. The standard InChI is InChI=1S/C15H29N3O3S/c1-13(2)17-15(19)16-10-12-18(22(3,20)21)11-9-14-7-5-4-6-8-14/h7,13H,4-6,8-12H2,1-3H3,(H2,16,17,19). The van der Waals surface area contributed by atoms with Crippen molar-refractivity contribution in [2.24, 2.45) is 0 Å². The van der Waals surface area contributed by atoms with Gasteiger partial charge in [0.25, 0.3) is 0 Å². The fourth-order valence-electron chi connectivity index (χ4n) is 2.45. The maximum absolute atomic E-state index is 11.8. The van der Waals surface area contributed by atoms with E-state index in [1.54, 1.807) is 0 Å². The van der Waals surface area contributed by atoms with Crippen molar-refractivity contribution >= 4 is 16.1 Å². The summed E-state index contributed by atoms with van der Waals surface area (Å²) in [6, 6.07) is -0.206. The van der Waals surface area contributed by atoms with Gasteiger partial charge in [0.1, 0.15) is 0 Å². The Morgan fingerprint density at radius 1 is 1.32 bits per heavy atom. The van der Waals surface area contributed by atoms with Crippen molar-refractivity contribution < 1.29 is 13.2 Å². The Hall–Kier alpha value is -1.08. The molecule has 0 bridgehead atoms. The van der Waals surface area contributed by atoms with Gasteiger partial charge in [-0.25, -0.2) is 17.5 Å². The zero-order valence-corrected chi connectivity index (χ0v) is 14.7. The first-order valence-corrected chi connectivity index (χ1v) is 9.81. The number of amides is 2. The van der Waals surface area contributed by atoms with E-state index in [1.807, 2.05) is 13.8 Å². The molecular formula is C15H29N3O3S. The van der Waals surface area contributed by atoms with E-state index in [9.17, 15) is 13.2 Å². The number of sulfonamides is 1. The highest BCUT2D eigenvalue weighted by Crippen LogP contribution is 2.20. The molecule has 0 aliphatic heterocycles. The molecule has 0 aromatic heterocycles. The number of hydrogen-bond acceptors (Lipinski definition) is 3. The number of carbonyl (C=O) groups is 1.